The fourth-order valence-electron chi connectivity index (χ4n) is 3.26. The molecule has 4 atom stereocenters. The van der Waals surface area contributed by atoms with Gasteiger partial charge in [-0.1, -0.05) is 6.92 Å². The molecule has 9 heteroatoms. The van der Waals surface area contributed by atoms with E-state index in [2.05, 4.69) is 20.5 Å². The fraction of sp³-hybridized carbons (Fsp3) is 0.667. The zero-order valence-electron chi connectivity index (χ0n) is 11.1. The number of halogens is 3. The van der Waals surface area contributed by atoms with Gasteiger partial charge in [0.25, 0.3) is 0 Å². The maximum absolute atomic E-state index is 12.5. The predicted octanol–water partition coefficient (Wildman–Crippen LogP) is 0.943. The molecule has 4 unspecified atom stereocenters. The van der Waals surface area contributed by atoms with Gasteiger partial charge in [0, 0.05) is 12.2 Å². The smallest absolute Gasteiger partial charge is 0.453 e. The van der Waals surface area contributed by atoms with Crippen LogP contribution in [0.4, 0.5) is 13.2 Å². The summed E-state index contributed by atoms with van der Waals surface area (Å²) >= 11 is 0. The van der Waals surface area contributed by atoms with Gasteiger partial charge in [-0.15, -0.1) is 5.10 Å². The van der Waals surface area contributed by atoms with Crippen LogP contribution in [0.5, 0.6) is 0 Å². The highest BCUT2D eigenvalue weighted by molar-refractivity contribution is 5.76. The number of hydrogen-bond donors (Lipinski definition) is 1. The highest BCUT2D eigenvalue weighted by atomic mass is 19.4. The van der Waals surface area contributed by atoms with E-state index < -0.39 is 23.8 Å². The molecule has 1 saturated carbocycles. The molecule has 6 nitrogen and oxygen atoms in total. The van der Waals surface area contributed by atoms with Crippen LogP contribution in [0.25, 0.3) is 0 Å². The SMILES string of the molecule is CC1CC2CC(c3nccnn3)(N2)C1OC(=O)C(F)(F)F. The Labute approximate surface area is 118 Å². The van der Waals surface area contributed by atoms with E-state index in [9.17, 15) is 18.0 Å². The van der Waals surface area contributed by atoms with Crippen molar-refractivity contribution in [1.29, 1.82) is 0 Å². The summed E-state index contributed by atoms with van der Waals surface area (Å²) < 4.78 is 42.1. The molecule has 1 aliphatic carbocycles. The standard InChI is InChI=1S/C12H13F3N4O2/c1-6-4-7-5-11(18-7,9-16-2-3-17-19-9)8(6)21-10(20)12(13,14)15/h2-3,6-8,18H,4-5H2,1H3. The van der Waals surface area contributed by atoms with Crippen molar-refractivity contribution >= 4 is 5.97 Å². The first-order valence-corrected chi connectivity index (χ1v) is 6.52. The van der Waals surface area contributed by atoms with Crippen LogP contribution in [-0.2, 0) is 15.1 Å². The lowest BCUT2D eigenvalue weighted by Gasteiger charge is -2.58. The van der Waals surface area contributed by atoms with E-state index in [0.29, 0.717) is 12.8 Å². The minimum absolute atomic E-state index is 0.171. The second kappa shape index (κ2) is 4.62. The Morgan fingerprint density at radius 3 is 2.76 bits per heavy atom. The zero-order valence-corrected chi connectivity index (χ0v) is 11.1. The average molecular weight is 302 g/mol. The number of carbonyl (C=O) groups is 1. The van der Waals surface area contributed by atoms with Crippen molar-refractivity contribution < 1.29 is 22.7 Å². The molecular formula is C12H13F3N4O2. The Morgan fingerprint density at radius 2 is 2.19 bits per heavy atom. The molecule has 0 radical (unpaired) electrons. The number of hydrogen-bond acceptors (Lipinski definition) is 6. The molecule has 4 rings (SSSR count). The number of ether oxygens (including phenoxy) is 1. The second-order valence-electron chi connectivity index (χ2n) is 5.52. The molecule has 1 aromatic heterocycles. The van der Waals surface area contributed by atoms with Gasteiger partial charge in [-0.3, -0.25) is 5.32 Å². The maximum Gasteiger partial charge on any atom is 0.490 e. The van der Waals surface area contributed by atoms with E-state index in [1.54, 1.807) is 6.92 Å². The molecule has 3 heterocycles. The molecule has 1 N–H and O–H groups in total. The van der Waals surface area contributed by atoms with Crippen molar-refractivity contribution in [3.63, 3.8) is 0 Å². The van der Waals surface area contributed by atoms with Gasteiger partial charge in [-0.2, -0.15) is 18.3 Å². The number of rotatable bonds is 2. The number of nitrogens with zero attached hydrogens (tertiary/aromatic N) is 3. The number of aromatic nitrogens is 3. The van der Waals surface area contributed by atoms with Crippen LogP contribution in [0.2, 0.25) is 0 Å². The lowest BCUT2D eigenvalue weighted by Crippen LogP contribution is -2.74. The van der Waals surface area contributed by atoms with Crippen LogP contribution in [0, 0.1) is 5.92 Å². The molecule has 0 amide bonds. The number of alkyl halides is 3. The molecule has 2 bridgehead atoms. The van der Waals surface area contributed by atoms with Crippen molar-refractivity contribution in [1.82, 2.24) is 20.5 Å². The van der Waals surface area contributed by atoms with Crippen LogP contribution < -0.4 is 5.32 Å². The summed E-state index contributed by atoms with van der Waals surface area (Å²) in [6.45, 7) is 1.76. The van der Waals surface area contributed by atoms with E-state index in [4.69, 9.17) is 4.74 Å². The van der Waals surface area contributed by atoms with E-state index in [1.807, 2.05) is 0 Å². The first-order valence-electron chi connectivity index (χ1n) is 6.52. The molecule has 2 saturated heterocycles. The van der Waals surface area contributed by atoms with E-state index >= 15 is 0 Å². The number of piperidine rings is 1. The van der Waals surface area contributed by atoms with Gasteiger partial charge in [0.1, 0.15) is 11.6 Å². The summed E-state index contributed by atoms with van der Waals surface area (Å²) in [7, 11) is 0. The van der Waals surface area contributed by atoms with Gasteiger partial charge in [0.05, 0.1) is 6.20 Å². The third kappa shape index (κ3) is 2.25. The Kier molecular flexibility index (Phi) is 3.12. The lowest BCUT2D eigenvalue weighted by atomic mass is 9.64. The Hall–Kier alpha value is -1.77. The average Bonchev–Trinajstić information content (AvgIpc) is 2.39. The van der Waals surface area contributed by atoms with Crippen LogP contribution in [0.3, 0.4) is 0 Å². The quantitative estimate of drug-likeness (QED) is 0.819. The molecule has 21 heavy (non-hydrogen) atoms. The van der Waals surface area contributed by atoms with E-state index in [1.165, 1.54) is 12.4 Å². The van der Waals surface area contributed by atoms with E-state index in [-0.39, 0.29) is 17.8 Å². The highest BCUT2D eigenvalue weighted by Gasteiger charge is 2.62. The van der Waals surface area contributed by atoms with Gasteiger partial charge >= 0.3 is 12.1 Å². The number of esters is 1. The first kappa shape index (κ1) is 14.2. The summed E-state index contributed by atoms with van der Waals surface area (Å²) in [6, 6.07) is 0.171. The molecule has 3 fully saturated rings. The topological polar surface area (TPSA) is 77.0 Å². The van der Waals surface area contributed by atoms with Crippen LogP contribution >= 0.6 is 0 Å². The molecular weight excluding hydrogens is 289 g/mol. The highest BCUT2D eigenvalue weighted by Crippen LogP contribution is 2.48. The van der Waals surface area contributed by atoms with Crippen molar-refractivity contribution in [2.45, 2.75) is 43.6 Å². The molecule has 2 aliphatic heterocycles. The van der Waals surface area contributed by atoms with Gasteiger partial charge in [0.15, 0.2) is 5.82 Å². The van der Waals surface area contributed by atoms with Crippen molar-refractivity contribution in [2.24, 2.45) is 5.92 Å². The van der Waals surface area contributed by atoms with Crippen molar-refractivity contribution in [3.8, 4) is 0 Å². The normalized spacial score (nSPS) is 35.0. The molecule has 114 valence electrons. The second-order valence-corrected chi connectivity index (χ2v) is 5.52. The minimum atomic E-state index is -5.02. The summed E-state index contributed by atoms with van der Waals surface area (Å²) in [6.07, 6.45) is -2.04. The Morgan fingerprint density at radius 1 is 1.48 bits per heavy atom. The van der Waals surface area contributed by atoms with Crippen LogP contribution in [0.1, 0.15) is 25.6 Å². The molecule has 1 aromatic rings. The van der Waals surface area contributed by atoms with Gasteiger partial charge in [-0.25, -0.2) is 9.78 Å². The van der Waals surface area contributed by atoms with E-state index in [0.717, 1.165) is 0 Å². The maximum atomic E-state index is 12.5. The van der Waals surface area contributed by atoms with Gasteiger partial charge < -0.3 is 4.74 Å². The summed E-state index contributed by atoms with van der Waals surface area (Å²) in [5.74, 6) is -2.15. The van der Waals surface area contributed by atoms with Crippen molar-refractivity contribution in [2.75, 3.05) is 0 Å². The summed E-state index contributed by atoms with van der Waals surface area (Å²) in [5, 5.41) is 10.7. The predicted molar refractivity (Wildman–Crippen MR) is 62.8 cm³/mol. The van der Waals surface area contributed by atoms with Crippen LogP contribution in [-0.4, -0.2) is 39.5 Å². The minimum Gasteiger partial charge on any atom is -0.453 e. The van der Waals surface area contributed by atoms with Gasteiger partial charge in [-0.05, 0) is 18.8 Å². The van der Waals surface area contributed by atoms with Crippen LogP contribution in [0.15, 0.2) is 12.4 Å². The fourth-order valence-corrected chi connectivity index (χ4v) is 3.26. The number of nitrogens with one attached hydrogen (secondary N) is 1. The summed E-state index contributed by atoms with van der Waals surface area (Å²) in [5.41, 5.74) is -0.975. The number of carbonyl (C=O) groups excluding carboxylic acids is 1. The Bertz CT molecular complexity index is 545. The molecule has 0 spiro atoms. The first-order chi connectivity index (χ1) is 9.83. The monoisotopic (exact) mass is 302 g/mol. The van der Waals surface area contributed by atoms with Crippen molar-refractivity contribution in [3.05, 3.63) is 18.2 Å². The third-order valence-corrected chi connectivity index (χ3v) is 4.04. The lowest BCUT2D eigenvalue weighted by molar-refractivity contribution is -0.221. The molecule has 0 aromatic carbocycles. The third-order valence-electron chi connectivity index (χ3n) is 4.04. The number of fused-ring (bicyclic) bond motifs is 2. The zero-order chi connectivity index (χ0) is 15.3. The Balaban J connectivity index is 1.90. The summed E-state index contributed by atoms with van der Waals surface area (Å²) in [4.78, 5) is 15.2. The largest absolute Gasteiger partial charge is 0.490 e. The van der Waals surface area contributed by atoms with Gasteiger partial charge in [0.2, 0.25) is 0 Å². The molecule has 3 aliphatic rings.